The van der Waals surface area contributed by atoms with Gasteiger partial charge in [0, 0.05) is 25.2 Å². The quantitative estimate of drug-likeness (QED) is 0.761. The molecule has 1 saturated heterocycles. The summed E-state index contributed by atoms with van der Waals surface area (Å²) in [6.45, 7) is 3.93. The van der Waals surface area contributed by atoms with Crippen molar-refractivity contribution < 1.29 is 14.3 Å². The van der Waals surface area contributed by atoms with Gasteiger partial charge >= 0.3 is 6.09 Å². The average Bonchev–Trinajstić information content (AvgIpc) is 3.20. The summed E-state index contributed by atoms with van der Waals surface area (Å²) >= 11 is 0. The summed E-state index contributed by atoms with van der Waals surface area (Å²) in [5.41, 5.74) is 0. The van der Waals surface area contributed by atoms with Crippen molar-refractivity contribution in [3.05, 3.63) is 0 Å². The van der Waals surface area contributed by atoms with Crippen LogP contribution in [0.25, 0.3) is 0 Å². The van der Waals surface area contributed by atoms with E-state index in [0.717, 1.165) is 19.4 Å². The summed E-state index contributed by atoms with van der Waals surface area (Å²) in [5, 5.41) is 6.03. The largest absolute Gasteiger partial charge is 0.450 e. The Balaban J connectivity index is 1.72. The van der Waals surface area contributed by atoms with Crippen molar-refractivity contribution in [3.63, 3.8) is 0 Å². The van der Waals surface area contributed by atoms with Crippen molar-refractivity contribution in [2.45, 2.75) is 44.7 Å². The molecule has 1 aliphatic carbocycles. The highest BCUT2D eigenvalue weighted by Gasteiger charge is 2.27. The van der Waals surface area contributed by atoms with Gasteiger partial charge in [-0.1, -0.05) is 0 Å². The van der Waals surface area contributed by atoms with Gasteiger partial charge in [0.05, 0.1) is 13.2 Å². The molecule has 0 radical (unpaired) electrons. The van der Waals surface area contributed by atoms with Crippen molar-refractivity contribution in [1.82, 2.24) is 15.5 Å². The number of rotatable bonds is 5. The lowest BCUT2D eigenvalue weighted by molar-refractivity contribution is -0.131. The highest BCUT2D eigenvalue weighted by Crippen LogP contribution is 2.18. The van der Waals surface area contributed by atoms with Crippen LogP contribution in [-0.2, 0) is 9.53 Å². The van der Waals surface area contributed by atoms with E-state index in [1.54, 1.807) is 6.92 Å². The van der Waals surface area contributed by atoms with Gasteiger partial charge in [0.25, 0.3) is 0 Å². The molecule has 6 heteroatoms. The van der Waals surface area contributed by atoms with Crippen molar-refractivity contribution in [3.8, 4) is 0 Å². The number of nitrogens with zero attached hydrogens (tertiary/aromatic N) is 1. The van der Waals surface area contributed by atoms with E-state index >= 15 is 0 Å². The number of carbonyl (C=O) groups excluding carboxylic acids is 2. The minimum Gasteiger partial charge on any atom is -0.450 e. The predicted molar refractivity (Wildman–Crippen MR) is 70.8 cm³/mol. The van der Waals surface area contributed by atoms with Gasteiger partial charge in [-0.25, -0.2) is 4.79 Å². The van der Waals surface area contributed by atoms with Crippen LogP contribution in [0, 0.1) is 0 Å². The second-order valence-corrected chi connectivity index (χ2v) is 5.20. The van der Waals surface area contributed by atoms with E-state index in [9.17, 15) is 9.59 Å². The summed E-state index contributed by atoms with van der Waals surface area (Å²) in [7, 11) is 0. The zero-order chi connectivity index (χ0) is 13.7. The fourth-order valence-electron chi connectivity index (χ4n) is 2.29. The van der Waals surface area contributed by atoms with Crippen molar-refractivity contribution in [1.29, 1.82) is 0 Å². The van der Waals surface area contributed by atoms with Crippen molar-refractivity contribution in [2.24, 2.45) is 0 Å². The van der Waals surface area contributed by atoms with E-state index in [1.165, 1.54) is 12.8 Å². The molecule has 2 N–H and O–H groups in total. The van der Waals surface area contributed by atoms with E-state index in [-0.39, 0.29) is 11.9 Å². The van der Waals surface area contributed by atoms with Crippen LogP contribution >= 0.6 is 0 Å². The molecule has 0 bridgehead atoms. The molecule has 0 spiro atoms. The molecule has 108 valence electrons. The Kier molecular flexibility index (Phi) is 5.01. The molecule has 2 aliphatic rings. The maximum atomic E-state index is 12.0. The molecule has 1 atom stereocenters. The monoisotopic (exact) mass is 269 g/mol. The second-order valence-electron chi connectivity index (χ2n) is 5.20. The number of piperidine rings is 1. The van der Waals surface area contributed by atoms with Gasteiger partial charge in [-0.2, -0.15) is 0 Å². The van der Waals surface area contributed by atoms with Crippen LogP contribution in [0.2, 0.25) is 0 Å². The first-order chi connectivity index (χ1) is 9.19. The first kappa shape index (κ1) is 14.1. The normalized spacial score (nSPS) is 23.0. The Morgan fingerprint density at radius 1 is 1.26 bits per heavy atom. The van der Waals surface area contributed by atoms with Gasteiger partial charge in [-0.3, -0.25) is 4.79 Å². The van der Waals surface area contributed by atoms with Crippen LogP contribution in [0.4, 0.5) is 4.79 Å². The highest BCUT2D eigenvalue weighted by molar-refractivity contribution is 5.78. The first-order valence-electron chi connectivity index (χ1n) is 7.13. The van der Waals surface area contributed by atoms with Crippen LogP contribution in [-0.4, -0.2) is 55.2 Å². The molecule has 2 amide bonds. The Morgan fingerprint density at radius 2 is 2.05 bits per heavy atom. The van der Waals surface area contributed by atoms with Crippen molar-refractivity contribution in [2.75, 3.05) is 26.2 Å². The fraction of sp³-hybridized carbons (Fsp3) is 0.846. The maximum Gasteiger partial charge on any atom is 0.407 e. The minimum absolute atomic E-state index is 0.0117. The Bertz CT molecular complexity index is 331. The van der Waals surface area contributed by atoms with E-state index < -0.39 is 6.09 Å². The molecule has 1 saturated carbocycles. The molecule has 1 heterocycles. The number of likely N-dealkylation sites (tertiary alicyclic amines) is 1. The third-order valence-electron chi connectivity index (χ3n) is 3.49. The number of hydrogen-bond donors (Lipinski definition) is 2. The SMILES string of the molecule is CCOC(=O)NC1CCCN(C(=O)CNC2CC2)C1. The molecule has 6 nitrogen and oxygen atoms in total. The van der Waals surface area contributed by atoms with Crippen LogP contribution in [0.3, 0.4) is 0 Å². The van der Waals surface area contributed by atoms with E-state index in [4.69, 9.17) is 4.74 Å². The summed E-state index contributed by atoms with van der Waals surface area (Å²) in [4.78, 5) is 25.2. The standard InChI is InChI=1S/C13H23N3O3/c1-2-19-13(18)15-11-4-3-7-16(9-11)12(17)8-14-10-5-6-10/h10-11,14H,2-9H2,1H3,(H,15,18). The third kappa shape index (κ3) is 4.70. The number of alkyl carbamates (subject to hydrolysis) is 1. The molecular formula is C13H23N3O3. The van der Waals surface area contributed by atoms with E-state index in [1.807, 2.05) is 4.90 Å². The Labute approximate surface area is 113 Å². The first-order valence-corrected chi connectivity index (χ1v) is 7.13. The van der Waals surface area contributed by atoms with Crippen LogP contribution in [0.15, 0.2) is 0 Å². The van der Waals surface area contributed by atoms with Crippen LogP contribution in [0.1, 0.15) is 32.6 Å². The van der Waals surface area contributed by atoms with E-state index in [0.29, 0.717) is 25.7 Å². The molecule has 19 heavy (non-hydrogen) atoms. The third-order valence-corrected chi connectivity index (χ3v) is 3.49. The minimum atomic E-state index is -0.391. The Morgan fingerprint density at radius 3 is 2.74 bits per heavy atom. The molecule has 1 aliphatic heterocycles. The smallest absolute Gasteiger partial charge is 0.407 e. The lowest BCUT2D eigenvalue weighted by Gasteiger charge is -2.33. The predicted octanol–water partition coefficient (Wildman–Crippen LogP) is 0.476. The zero-order valence-corrected chi connectivity index (χ0v) is 11.5. The zero-order valence-electron chi connectivity index (χ0n) is 11.5. The molecule has 0 aromatic heterocycles. The van der Waals surface area contributed by atoms with Gasteiger partial charge in [-0.15, -0.1) is 0 Å². The summed E-state index contributed by atoms with van der Waals surface area (Å²) < 4.78 is 4.86. The van der Waals surface area contributed by atoms with Gasteiger partial charge < -0.3 is 20.3 Å². The molecular weight excluding hydrogens is 246 g/mol. The Hall–Kier alpha value is -1.30. The number of amides is 2. The summed E-state index contributed by atoms with van der Waals surface area (Å²) in [6.07, 6.45) is 3.80. The van der Waals surface area contributed by atoms with Crippen LogP contribution < -0.4 is 10.6 Å². The molecule has 0 aromatic rings. The second kappa shape index (κ2) is 6.75. The number of ether oxygens (including phenoxy) is 1. The highest BCUT2D eigenvalue weighted by atomic mass is 16.5. The topological polar surface area (TPSA) is 70.7 Å². The molecule has 1 unspecified atom stereocenters. The maximum absolute atomic E-state index is 12.0. The lowest BCUT2D eigenvalue weighted by Crippen LogP contribution is -2.51. The van der Waals surface area contributed by atoms with Gasteiger partial charge in [-0.05, 0) is 32.6 Å². The van der Waals surface area contributed by atoms with Crippen molar-refractivity contribution >= 4 is 12.0 Å². The number of hydrogen-bond acceptors (Lipinski definition) is 4. The van der Waals surface area contributed by atoms with Gasteiger partial charge in [0.2, 0.25) is 5.91 Å². The van der Waals surface area contributed by atoms with Gasteiger partial charge in [0.1, 0.15) is 0 Å². The fourth-order valence-corrected chi connectivity index (χ4v) is 2.29. The number of carbonyl (C=O) groups is 2. The summed E-state index contributed by atoms with van der Waals surface area (Å²) in [6, 6.07) is 0.555. The van der Waals surface area contributed by atoms with Crippen LogP contribution in [0.5, 0.6) is 0 Å². The molecule has 0 aromatic carbocycles. The lowest BCUT2D eigenvalue weighted by atomic mass is 10.1. The van der Waals surface area contributed by atoms with E-state index in [2.05, 4.69) is 10.6 Å². The number of nitrogens with one attached hydrogen (secondary N) is 2. The van der Waals surface area contributed by atoms with Gasteiger partial charge in [0.15, 0.2) is 0 Å². The molecule has 2 rings (SSSR count). The average molecular weight is 269 g/mol. The summed E-state index contributed by atoms with van der Waals surface area (Å²) in [5.74, 6) is 0.127. The molecule has 2 fully saturated rings.